The van der Waals surface area contributed by atoms with Crippen LogP contribution in [-0.2, 0) is 0 Å². The van der Waals surface area contributed by atoms with Crippen LogP contribution in [0.15, 0.2) is 24.4 Å². The van der Waals surface area contributed by atoms with Crippen LogP contribution in [0.1, 0.15) is 30.0 Å². The van der Waals surface area contributed by atoms with E-state index in [-0.39, 0.29) is 0 Å². The van der Waals surface area contributed by atoms with Gasteiger partial charge < -0.3 is 4.90 Å². The number of rotatable bonds is 2. The molecule has 0 saturated carbocycles. The van der Waals surface area contributed by atoms with Gasteiger partial charge in [-0.15, -0.1) is 0 Å². The minimum Gasteiger partial charge on any atom is -0.306 e. The van der Waals surface area contributed by atoms with Crippen LogP contribution < -0.4 is 0 Å². The van der Waals surface area contributed by atoms with Gasteiger partial charge in [0.15, 0.2) is 0 Å². The SMILES string of the molecule is Cc1cc(-n2ncc3cc(Cl)c(C4CCN(C)CC4)cc32)sn1. The molecule has 0 unspecified atom stereocenters. The Morgan fingerprint density at radius 3 is 2.70 bits per heavy atom. The molecule has 0 atom stereocenters. The molecule has 3 aromatic rings. The number of hydrogen-bond acceptors (Lipinski definition) is 4. The zero-order valence-corrected chi connectivity index (χ0v) is 14.9. The molecule has 0 spiro atoms. The van der Waals surface area contributed by atoms with Crippen molar-refractivity contribution in [1.82, 2.24) is 19.1 Å². The van der Waals surface area contributed by atoms with Gasteiger partial charge in [-0.2, -0.15) is 9.47 Å². The number of aromatic nitrogens is 3. The van der Waals surface area contributed by atoms with Gasteiger partial charge in [0.05, 0.1) is 17.4 Å². The Hall–Kier alpha value is -1.43. The van der Waals surface area contributed by atoms with Crippen molar-refractivity contribution in [3.8, 4) is 5.00 Å². The zero-order chi connectivity index (χ0) is 16.0. The highest BCUT2D eigenvalue weighted by Crippen LogP contribution is 2.36. The standard InChI is InChI=1S/C17H19ClN4S/c1-11-7-17(23-20-11)22-16-9-14(12-3-5-21(2)6-4-12)15(18)8-13(16)10-19-22/h7-10,12H,3-6H2,1-2H3. The van der Waals surface area contributed by atoms with Gasteiger partial charge in [-0.3, -0.25) is 0 Å². The highest BCUT2D eigenvalue weighted by atomic mass is 35.5. The van der Waals surface area contributed by atoms with Gasteiger partial charge >= 0.3 is 0 Å². The predicted molar refractivity (Wildman–Crippen MR) is 96.0 cm³/mol. The van der Waals surface area contributed by atoms with Gasteiger partial charge in [0.2, 0.25) is 0 Å². The molecule has 120 valence electrons. The van der Waals surface area contributed by atoms with Gasteiger partial charge in [0.1, 0.15) is 5.00 Å². The smallest absolute Gasteiger partial charge is 0.138 e. The number of halogens is 1. The maximum absolute atomic E-state index is 6.57. The predicted octanol–water partition coefficient (Wildman–Crippen LogP) is 4.25. The molecule has 0 radical (unpaired) electrons. The third-order valence-electron chi connectivity index (χ3n) is 4.67. The van der Waals surface area contributed by atoms with E-state index in [1.54, 1.807) is 0 Å². The molecule has 4 rings (SSSR count). The lowest BCUT2D eigenvalue weighted by atomic mass is 9.89. The van der Waals surface area contributed by atoms with Crippen LogP contribution in [0.25, 0.3) is 15.9 Å². The van der Waals surface area contributed by atoms with E-state index in [0.717, 1.165) is 52.6 Å². The Balaban J connectivity index is 1.78. The van der Waals surface area contributed by atoms with Crippen molar-refractivity contribution in [3.05, 3.63) is 40.7 Å². The largest absolute Gasteiger partial charge is 0.306 e. The first-order valence-electron chi connectivity index (χ1n) is 7.91. The Labute approximate surface area is 144 Å². The Kier molecular flexibility index (Phi) is 3.87. The van der Waals surface area contributed by atoms with Crippen LogP contribution in [0.2, 0.25) is 5.02 Å². The first-order chi connectivity index (χ1) is 11.1. The summed E-state index contributed by atoms with van der Waals surface area (Å²) in [6.45, 7) is 4.27. The zero-order valence-electron chi connectivity index (χ0n) is 13.3. The lowest BCUT2D eigenvalue weighted by molar-refractivity contribution is 0.255. The highest BCUT2D eigenvalue weighted by molar-refractivity contribution is 7.08. The fraction of sp³-hybridized carbons (Fsp3) is 0.412. The van der Waals surface area contributed by atoms with E-state index in [1.165, 1.54) is 17.1 Å². The van der Waals surface area contributed by atoms with E-state index < -0.39 is 0 Å². The molecule has 1 aliphatic rings. The lowest BCUT2D eigenvalue weighted by Crippen LogP contribution is -2.29. The summed E-state index contributed by atoms with van der Waals surface area (Å²) in [5, 5.41) is 7.54. The lowest BCUT2D eigenvalue weighted by Gasteiger charge is -2.29. The Bertz CT molecular complexity index is 846. The number of hydrogen-bond donors (Lipinski definition) is 0. The van der Waals surface area contributed by atoms with E-state index in [0.29, 0.717) is 5.92 Å². The minimum atomic E-state index is 0.537. The van der Waals surface area contributed by atoms with Crippen molar-refractivity contribution in [3.63, 3.8) is 0 Å². The van der Waals surface area contributed by atoms with Gasteiger partial charge in [-0.25, -0.2) is 4.68 Å². The maximum Gasteiger partial charge on any atom is 0.138 e. The summed E-state index contributed by atoms with van der Waals surface area (Å²) in [6, 6.07) is 6.36. The van der Waals surface area contributed by atoms with Crippen molar-refractivity contribution in [2.24, 2.45) is 0 Å². The summed E-state index contributed by atoms with van der Waals surface area (Å²) < 4.78 is 6.35. The van der Waals surface area contributed by atoms with Gasteiger partial charge in [0.25, 0.3) is 0 Å². The van der Waals surface area contributed by atoms with E-state index in [1.807, 2.05) is 17.8 Å². The third-order valence-corrected chi connectivity index (χ3v) is 5.85. The number of benzene rings is 1. The quantitative estimate of drug-likeness (QED) is 0.695. The molecule has 0 N–H and O–H groups in total. The first-order valence-corrected chi connectivity index (χ1v) is 9.06. The monoisotopic (exact) mass is 346 g/mol. The second-order valence-corrected chi connectivity index (χ2v) is 7.56. The van der Waals surface area contributed by atoms with E-state index >= 15 is 0 Å². The fourth-order valence-corrected chi connectivity index (χ4v) is 4.38. The van der Waals surface area contributed by atoms with Gasteiger partial charge in [0, 0.05) is 10.4 Å². The number of nitrogens with zero attached hydrogens (tertiary/aromatic N) is 4. The number of fused-ring (bicyclic) bond motifs is 1. The summed E-state index contributed by atoms with van der Waals surface area (Å²) in [4.78, 5) is 2.38. The fourth-order valence-electron chi connectivity index (χ4n) is 3.32. The first kappa shape index (κ1) is 15.1. The van der Waals surface area contributed by atoms with E-state index in [9.17, 15) is 0 Å². The van der Waals surface area contributed by atoms with Crippen molar-refractivity contribution in [1.29, 1.82) is 0 Å². The van der Waals surface area contributed by atoms with Crippen LogP contribution in [-0.4, -0.2) is 39.2 Å². The topological polar surface area (TPSA) is 34.0 Å². The van der Waals surface area contributed by atoms with Crippen molar-refractivity contribution in [2.45, 2.75) is 25.7 Å². The maximum atomic E-state index is 6.57. The molecule has 1 fully saturated rings. The Morgan fingerprint density at radius 2 is 2.00 bits per heavy atom. The molecular formula is C17H19ClN4S. The van der Waals surface area contributed by atoms with Crippen LogP contribution in [0.5, 0.6) is 0 Å². The second-order valence-electron chi connectivity index (χ2n) is 6.37. The molecule has 4 nitrogen and oxygen atoms in total. The molecular weight excluding hydrogens is 328 g/mol. The highest BCUT2D eigenvalue weighted by Gasteiger charge is 2.22. The normalized spacial score (nSPS) is 17.2. The molecule has 1 aliphatic heterocycles. The molecule has 6 heteroatoms. The van der Waals surface area contributed by atoms with Crippen LogP contribution in [0.3, 0.4) is 0 Å². The molecule has 0 bridgehead atoms. The number of aryl methyl sites for hydroxylation is 1. The van der Waals surface area contributed by atoms with Crippen molar-refractivity contribution >= 4 is 34.0 Å². The molecule has 3 heterocycles. The van der Waals surface area contributed by atoms with Gasteiger partial charge in [-0.05, 0) is 81.1 Å². The molecule has 0 amide bonds. The van der Waals surface area contributed by atoms with Crippen LogP contribution in [0, 0.1) is 6.92 Å². The number of piperidine rings is 1. The third kappa shape index (κ3) is 2.77. The molecule has 1 saturated heterocycles. The van der Waals surface area contributed by atoms with Crippen LogP contribution >= 0.6 is 23.1 Å². The minimum absolute atomic E-state index is 0.537. The molecule has 23 heavy (non-hydrogen) atoms. The molecule has 2 aromatic heterocycles. The average molecular weight is 347 g/mol. The summed E-state index contributed by atoms with van der Waals surface area (Å²) in [5.74, 6) is 0.537. The van der Waals surface area contributed by atoms with E-state index in [4.69, 9.17) is 11.6 Å². The summed E-state index contributed by atoms with van der Waals surface area (Å²) in [6.07, 6.45) is 4.21. The summed E-state index contributed by atoms with van der Waals surface area (Å²) in [7, 11) is 2.18. The molecule has 1 aromatic carbocycles. The summed E-state index contributed by atoms with van der Waals surface area (Å²) >= 11 is 8.05. The van der Waals surface area contributed by atoms with Crippen LogP contribution in [0.4, 0.5) is 0 Å². The Morgan fingerprint density at radius 1 is 1.22 bits per heavy atom. The average Bonchev–Trinajstić information content (AvgIpc) is 3.13. The van der Waals surface area contributed by atoms with Crippen molar-refractivity contribution < 1.29 is 0 Å². The van der Waals surface area contributed by atoms with Crippen molar-refractivity contribution in [2.75, 3.05) is 20.1 Å². The molecule has 0 aliphatic carbocycles. The van der Waals surface area contributed by atoms with Gasteiger partial charge in [-0.1, -0.05) is 11.6 Å². The number of likely N-dealkylation sites (tertiary alicyclic amines) is 1. The second kappa shape index (κ2) is 5.89. The summed E-state index contributed by atoms with van der Waals surface area (Å²) in [5.41, 5.74) is 3.40. The van der Waals surface area contributed by atoms with E-state index in [2.05, 4.69) is 39.6 Å².